The molecular formula is C32H44N4O8SSi. The standard InChI is InChI=1S/C32H44N4O8SSi/c1-11-15-43-30(40)28(39)36-24(23(27(36)38)20(3)44-46(9,10)31(4,5)6)19(2)25(37)22-17-35-18-34-26(29(35)45-22)32(41-7,42-8)21-13-12-14-33-16-21/h11-14,16-20,23-24,28,39H,1,15H2,2-10H3/t19-,20-,23?,24?,28?/m1/s1. The van der Waals surface area contributed by atoms with Gasteiger partial charge in [0.15, 0.2) is 14.1 Å². The molecule has 1 saturated heterocycles. The van der Waals surface area contributed by atoms with Gasteiger partial charge in [-0.1, -0.05) is 46.4 Å². The molecule has 1 amide bonds. The summed E-state index contributed by atoms with van der Waals surface area (Å²) in [5.74, 6) is -4.72. The molecule has 0 aromatic carbocycles. The van der Waals surface area contributed by atoms with Crippen molar-refractivity contribution in [3.8, 4) is 0 Å². The largest absolute Gasteiger partial charge is 0.458 e. The SMILES string of the molecule is C=CCOC(=O)C(O)N1C(=O)C([C@@H](C)O[Si](C)(C)C(C)(C)C)C1[C@@H](C)C(=O)c1cn2cnc(C(OC)(OC)c3cccnc3)c2s1. The number of aromatic nitrogens is 3. The fraction of sp³-hybridized carbons (Fsp3) is 0.531. The molecule has 0 bridgehead atoms. The van der Waals surface area contributed by atoms with Gasteiger partial charge in [0, 0.05) is 44.3 Å². The van der Waals surface area contributed by atoms with Crippen molar-refractivity contribution in [3.63, 3.8) is 0 Å². The molecule has 3 aromatic heterocycles. The van der Waals surface area contributed by atoms with E-state index in [0.29, 0.717) is 21.0 Å². The van der Waals surface area contributed by atoms with E-state index in [1.165, 1.54) is 31.6 Å². The van der Waals surface area contributed by atoms with Crippen LogP contribution in [0.5, 0.6) is 0 Å². The Morgan fingerprint density at radius 1 is 1.22 bits per heavy atom. The second-order valence-electron chi connectivity index (χ2n) is 13.0. The van der Waals surface area contributed by atoms with Crippen LogP contribution in [0.3, 0.4) is 0 Å². The maximum Gasteiger partial charge on any atom is 0.356 e. The molecule has 3 aromatic rings. The number of methoxy groups -OCH3 is 2. The van der Waals surface area contributed by atoms with Crippen LogP contribution in [-0.2, 0) is 34.0 Å². The number of rotatable bonds is 14. The number of fused-ring (bicyclic) bond motifs is 1. The molecule has 0 spiro atoms. The number of esters is 1. The minimum Gasteiger partial charge on any atom is -0.458 e. The summed E-state index contributed by atoms with van der Waals surface area (Å²) >= 11 is 1.20. The average Bonchev–Trinajstić information content (AvgIpc) is 3.60. The van der Waals surface area contributed by atoms with Crippen LogP contribution in [0.25, 0.3) is 4.83 Å². The van der Waals surface area contributed by atoms with E-state index in [0.717, 1.165) is 4.90 Å². The van der Waals surface area contributed by atoms with E-state index in [1.807, 2.05) is 13.0 Å². The molecule has 3 unspecified atom stereocenters. The van der Waals surface area contributed by atoms with Crippen LogP contribution in [0.2, 0.25) is 18.1 Å². The zero-order valence-corrected chi connectivity index (χ0v) is 29.7. The van der Waals surface area contributed by atoms with Crippen molar-refractivity contribution in [3.05, 3.63) is 65.8 Å². The summed E-state index contributed by atoms with van der Waals surface area (Å²) in [6.07, 6.45) is 5.41. The van der Waals surface area contributed by atoms with E-state index in [4.69, 9.17) is 18.6 Å². The Morgan fingerprint density at radius 2 is 1.89 bits per heavy atom. The summed E-state index contributed by atoms with van der Waals surface area (Å²) in [4.78, 5) is 51.2. The number of pyridine rings is 1. The smallest absolute Gasteiger partial charge is 0.356 e. The number of imidazole rings is 1. The van der Waals surface area contributed by atoms with Crippen LogP contribution in [0.1, 0.15) is 55.5 Å². The molecule has 46 heavy (non-hydrogen) atoms. The van der Waals surface area contributed by atoms with E-state index < -0.39 is 56.2 Å². The molecule has 1 aliphatic rings. The molecule has 12 nitrogen and oxygen atoms in total. The van der Waals surface area contributed by atoms with Gasteiger partial charge in [-0.15, -0.1) is 11.3 Å². The number of Topliss-reactive ketones (excluding diaryl/α,β-unsaturated/α-hetero) is 1. The molecular weight excluding hydrogens is 629 g/mol. The number of β-lactam (4-membered cyclic amide) rings is 1. The molecule has 250 valence electrons. The normalized spacial score (nSPS) is 19.4. The number of aliphatic hydroxyl groups is 1. The fourth-order valence-corrected chi connectivity index (χ4v) is 8.22. The van der Waals surface area contributed by atoms with Crippen LogP contribution in [0, 0.1) is 11.8 Å². The van der Waals surface area contributed by atoms with Gasteiger partial charge in [0.1, 0.15) is 23.5 Å². The number of hydrogen-bond donors (Lipinski definition) is 1. The highest BCUT2D eigenvalue weighted by Gasteiger charge is 2.59. The number of carbonyl (C=O) groups is 3. The number of carbonyl (C=O) groups excluding carboxylic acids is 3. The van der Waals surface area contributed by atoms with Gasteiger partial charge in [-0.3, -0.25) is 19.0 Å². The van der Waals surface area contributed by atoms with Gasteiger partial charge in [-0.05, 0) is 31.1 Å². The molecule has 5 atom stereocenters. The van der Waals surface area contributed by atoms with Gasteiger partial charge in [0.2, 0.25) is 17.9 Å². The van der Waals surface area contributed by atoms with Crippen molar-refractivity contribution in [1.29, 1.82) is 0 Å². The highest BCUT2D eigenvalue weighted by Crippen LogP contribution is 2.44. The molecule has 0 aliphatic carbocycles. The zero-order valence-electron chi connectivity index (χ0n) is 27.8. The van der Waals surface area contributed by atoms with Gasteiger partial charge in [-0.25, -0.2) is 9.78 Å². The molecule has 1 N–H and O–H groups in total. The van der Waals surface area contributed by atoms with E-state index in [2.05, 4.69) is 50.4 Å². The van der Waals surface area contributed by atoms with Crippen molar-refractivity contribution in [2.24, 2.45) is 11.8 Å². The first-order valence-corrected chi connectivity index (χ1v) is 18.8. The molecule has 0 saturated carbocycles. The predicted molar refractivity (Wildman–Crippen MR) is 175 cm³/mol. The van der Waals surface area contributed by atoms with E-state index in [-0.39, 0.29) is 17.4 Å². The number of likely N-dealkylation sites (tertiary alicyclic amines) is 1. The third kappa shape index (κ3) is 6.21. The third-order valence-corrected chi connectivity index (χ3v) is 14.8. The van der Waals surface area contributed by atoms with Crippen LogP contribution in [0.4, 0.5) is 0 Å². The Hall–Kier alpha value is -3.27. The topological polar surface area (TPSA) is 142 Å². The van der Waals surface area contributed by atoms with Crippen LogP contribution < -0.4 is 0 Å². The summed E-state index contributed by atoms with van der Waals surface area (Å²) in [6.45, 7) is 17.4. The van der Waals surface area contributed by atoms with Gasteiger partial charge >= 0.3 is 5.97 Å². The number of aliphatic hydroxyl groups excluding tert-OH is 1. The lowest BCUT2D eigenvalue weighted by molar-refractivity contribution is -0.198. The van der Waals surface area contributed by atoms with Crippen molar-refractivity contribution < 1.29 is 38.1 Å². The van der Waals surface area contributed by atoms with Gasteiger partial charge < -0.3 is 28.6 Å². The number of ether oxygens (including phenoxy) is 3. The Morgan fingerprint density at radius 3 is 2.46 bits per heavy atom. The number of thiazole rings is 1. The Labute approximate surface area is 274 Å². The van der Waals surface area contributed by atoms with Crippen molar-refractivity contribution >= 4 is 42.1 Å². The number of nitrogens with zero attached hydrogens (tertiary/aromatic N) is 4. The molecule has 1 aliphatic heterocycles. The average molecular weight is 673 g/mol. The van der Waals surface area contributed by atoms with Crippen LogP contribution >= 0.6 is 11.3 Å². The second kappa shape index (κ2) is 13.5. The van der Waals surface area contributed by atoms with Crippen molar-refractivity contribution in [2.75, 3.05) is 20.8 Å². The van der Waals surface area contributed by atoms with Gasteiger partial charge in [0.05, 0.1) is 22.9 Å². The van der Waals surface area contributed by atoms with E-state index in [1.54, 1.807) is 42.3 Å². The van der Waals surface area contributed by atoms with E-state index >= 15 is 0 Å². The minimum atomic E-state index is -2.32. The lowest BCUT2D eigenvalue weighted by atomic mass is 9.74. The summed E-state index contributed by atoms with van der Waals surface area (Å²) in [5, 5.41) is 10.8. The van der Waals surface area contributed by atoms with Crippen LogP contribution in [0.15, 0.2) is 49.7 Å². The first-order chi connectivity index (χ1) is 21.6. The monoisotopic (exact) mass is 672 g/mol. The summed E-state index contributed by atoms with van der Waals surface area (Å²) in [7, 11) is 0.691. The number of ketones is 1. The predicted octanol–water partition coefficient (Wildman–Crippen LogP) is 4.39. The zero-order chi connectivity index (χ0) is 34.2. The maximum atomic E-state index is 14.2. The molecule has 14 heteroatoms. The third-order valence-electron chi connectivity index (χ3n) is 9.15. The lowest BCUT2D eigenvalue weighted by Gasteiger charge is -2.53. The van der Waals surface area contributed by atoms with Crippen LogP contribution in [-0.4, -0.2) is 89.6 Å². The van der Waals surface area contributed by atoms with Gasteiger partial charge in [0.25, 0.3) is 0 Å². The Kier molecular flexibility index (Phi) is 10.4. The minimum absolute atomic E-state index is 0.126. The number of amides is 1. The summed E-state index contributed by atoms with van der Waals surface area (Å²) in [6, 6.07) is 2.74. The maximum absolute atomic E-state index is 14.2. The first kappa shape index (κ1) is 35.6. The van der Waals surface area contributed by atoms with Crippen molar-refractivity contribution in [2.45, 2.75) is 76.9 Å². The van der Waals surface area contributed by atoms with Gasteiger partial charge in [-0.2, -0.15) is 0 Å². The molecule has 4 heterocycles. The van der Waals surface area contributed by atoms with Crippen molar-refractivity contribution in [1.82, 2.24) is 19.3 Å². The molecule has 1 fully saturated rings. The number of hydrogen-bond acceptors (Lipinski definition) is 11. The lowest BCUT2D eigenvalue weighted by Crippen LogP contribution is -2.72. The summed E-state index contributed by atoms with van der Waals surface area (Å²) in [5.41, 5.74) is 1.06. The molecule has 4 rings (SSSR count). The Balaban J connectivity index is 1.70. The second-order valence-corrected chi connectivity index (χ2v) is 18.7. The molecule has 0 radical (unpaired) electrons. The highest BCUT2D eigenvalue weighted by molar-refractivity contribution is 7.19. The quantitative estimate of drug-likeness (QED) is 0.0655. The fourth-order valence-electron chi connectivity index (χ4n) is 5.64. The Bertz CT molecular complexity index is 1580. The first-order valence-electron chi connectivity index (χ1n) is 15.0. The summed E-state index contributed by atoms with van der Waals surface area (Å²) < 4.78 is 25.1. The van der Waals surface area contributed by atoms with E-state index in [9.17, 15) is 19.5 Å². The highest BCUT2D eigenvalue weighted by atomic mass is 32.1.